The first-order chi connectivity index (χ1) is 14.2. The first-order valence-electron chi connectivity index (χ1n) is 11.1. The Labute approximate surface area is 181 Å². The van der Waals surface area contributed by atoms with Gasteiger partial charge >= 0.3 is 0 Å². The van der Waals surface area contributed by atoms with Crippen LogP contribution in [-0.4, -0.2) is 22.4 Å². The monoisotopic (exact) mass is 414 g/mol. The van der Waals surface area contributed by atoms with E-state index in [2.05, 4.69) is 20.8 Å². The van der Waals surface area contributed by atoms with E-state index in [1.165, 1.54) is 38.5 Å². The van der Waals surface area contributed by atoms with Crippen LogP contribution in [0.3, 0.4) is 0 Å². The molecule has 1 aliphatic carbocycles. The lowest BCUT2D eigenvalue weighted by molar-refractivity contribution is 0.242. The van der Waals surface area contributed by atoms with Crippen LogP contribution in [0.5, 0.6) is 23.0 Å². The number of hydrogen-bond acceptors (Lipinski definition) is 4. The fourth-order valence-corrected chi connectivity index (χ4v) is 3.97. The van der Waals surface area contributed by atoms with Crippen molar-refractivity contribution in [1.82, 2.24) is 0 Å². The molecule has 0 aromatic heterocycles. The molecular weight excluding hydrogens is 376 g/mol. The van der Waals surface area contributed by atoms with E-state index in [1.807, 2.05) is 12.1 Å². The van der Waals surface area contributed by atoms with Gasteiger partial charge in [0.2, 0.25) is 0 Å². The summed E-state index contributed by atoms with van der Waals surface area (Å²) in [7, 11) is 1.62. The van der Waals surface area contributed by atoms with Gasteiger partial charge in [-0.15, -0.1) is 0 Å². The predicted molar refractivity (Wildman–Crippen MR) is 123 cm³/mol. The van der Waals surface area contributed by atoms with E-state index < -0.39 is 0 Å². The summed E-state index contributed by atoms with van der Waals surface area (Å²) in [5.41, 5.74) is 2.33. The molecule has 0 unspecified atom stereocenters. The first kappa shape index (κ1) is 23.9. The summed E-state index contributed by atoms with van der Waals surface area (Å²) in [6.45, 7) is 6.59. The lowest BCUT2D eigenvalue weighted by Gasteiger charge is -2.35. The molecule has 3 N–H and O–H groups in total. The average Bonchev–Trinajstić information content (AvgIpc) is 2.67. The van der Waals surface area contributed by atoms with Crippen LogP contribution in [0.1, 0.15) is 76.8 Å². The number of benzene rings is 2. The fourth-order valence-electron chi connectivity index (χ4n) is 3.97. The van der Waals surface area contributed by atoms with Crippen molar-refractivity contribution in [1.29, 1.82) is 0 Å². The number of rotatable bonds is 8. The molecule has 1 aliphatic rings. The van der Waals surface area contributed by atoms with Crippen LogP contribution >= 0.6 is 0 Å². The van der Waals surface area contributed by atoms with Crippen molar-refractivity contribution in [3.8, 4) is 23.0 Å². The second kappa shape index (κ2) is 11.1. The minimum atomic E-state index is -0.0387. The Hall–Kier alpha value is -2.36. The molecule has 4 nitrogen and oxygen atoms in total. The minimum absolute atomic E-state index is 0.0146. The second-order valence-electron chi connectivity index (χ2n) is 9.08. The van der Waals surface area contributed by atoms with Gasteiger partial charge in [0.25, 0.3) is 0 Å². The van der Waals surface area contributed by atoms with Crippen LogP contribution in [0.2, 0.25) is 0 Å². The normalized spacial score (nSPS) is 13.9. The van der Waals surface area contributed by atoms with Crippen molar-refractivity contribution in [3.05, 3.63) is 47.5 Å². The summed E-state index contributed by atoms with van der Waals surface area (Å²) < 4.78 is 5.08. The van der Waals surface area contributed by atoms with E-state index in [0.29, 0.717) is 0 Å². The third kappa shape index (κ3) is 7.16. The van der Waals surface area contributed by atoms with Crippen LogP contribution in [0.15, 0.2) is 36.4 Å². The Morgan fingerprint density at radius 2 is 1.70 bits per heavy atom. The molecule has 0 atom stereocenters. The Morgan fingerprint density at radius 3 is 2.27 bits per heavy atom. The SMILES string of the molecule is CC(C)(CC1CCC1)c1ccc(O)c(O)c1.CCCCCc1cc(O)cc(OC)c1. The zero-order valence-electron chi connectivity index (χ0n) is 18.9. The average molecular weight is 415 g/mol. The van der Waals surface area contributed by atoms with E-state index in [-0.39, 0.29) is 22.7 Å². The number of phenols is 3. The van der Waals surface area contributed by atoms with Gasteiger partial charge in [-0.2, -0.15) is 0 Å². The van der Waals surface area contributed by atoms with Crippen LogP contribution in [-0.2, 0) is 11.8 Å². The van der Waals surface area contributed by atoms with Crippen molar-refractivity contribution < 1.29 is 20.1 Å². The van der Waals surface area contributed by atoms with E-state index in [0.717, 1.165) is 35.6 Å². The van der Waals surface area contributed by atoms with Gasteiger partial charge in [0.05, 0.1) is 7.11 Å². The van der Waals surface area contributed by atoms with E-state index >= 15 is 0 Å². The Morgan fingerprint density at radius 1 is 0.967 bits per heavy atom. The Bertz CT molecular complexity index is 794. The third-order valence-corrected chi connectivity index (χ3v) is 6.04. The summed E-state index contributed by atoms with van der Waals surface area (Å²) in [4.78, 5) is 0. The van der Waals surface area contributed by atoms with Gasteiger partial charge < -0.3 is 20.1 Å². The first-order valence-corrected chi connectivity index (χ1v) is 11.1. The number of aromatic hydroxyl groups is 3. The molecule has 166 valence electrons. The van der Waals surface area contributed by atoms with Gasteiger partial charge in [-0.1, -0.05) is 58.9 Å². The largest absolute Gasteiger partial charge is 0.508 e. The number of unbranched alkanes of at least 4 members (excludes halogenated alkanes) is 2. The third-order valence-electron chi connectivity index (χ3n) is 6.04. The van der Waals surface area contributed by atoms with Gasteiger partial charge in [0.1, 0.15) is 11.5 Å². The van der Waals surface area contributed by atoms with Gasteiger partial charge in [-0.25, -0.2) is 0 Å². The van der Waals surface area contributed by atoms with Crippen molar-refractivity contribution in [2.24, 2.45) is 5.92 Å². The molecule has 30 heavy (non-hydrogen) atoms. The van der Waals surface area contributed by atoms with Crippen molar-refractivity contribution in [3.63, 3.8) is 0 Å². The summed E-state index contributed by atoms with van der Waals surface area (Å²) in [6, 6.07) is 10.6. The molecule has 0 aliphatic heterocycles. The molecule has 4 heteroatoms. The molecule has 0 saturated heterocycles. The maximum atomic E-state index is 9.52. The summed E-state index contributed by atoms with van der Waals surface area (Å²) in [5.74, 6) is 1.81. The highest BCUT2D eigenvalue weighted by Crippen LogP contribution is 2.40. The Balaban J connectivity index is 0.000000216. The second-order valence-corrected chi connectivity index (χ2v) is 9.08. The topological polar surface area (TPSA) is 69.9 Å². The smallest absolute Gasteiger partial charge is 0.157 e. The number of phenolic OH excluding ortho intramolecular Hbond substituents is 3. The van der Waals surface area contributed by atoms with E-state index in [4.69, 9.17) is 4.74 Å². The van der Waals surface area contributed by atoms with Crippen LogP contribution in [0.25, 0.3) is 0 Å². The van der Waals surface area contributed by atoms with Gasteiger partial charge in [-0.3, -0.25) is 0 Å². The van der Waals surface area contributed by atoms with Crippen molar-refractivity contribution in [2.75, 3.05) is 7.11 Å². The van der Waals surface area contributed by atoms with Gasteiger partial charge in [-0.05, 0) is 66.0 Å². The number of aryl methyl sites for hydroxylation is 1. The number of ether oxygens (including phenoxy) is 1. The summed E-state index contributed by atoms with van der Waals surface area (Å²) in [6.07, 6.45) is 9.84. The zero-order chi connectivity index (χ0) is 22.1. The molecule has 1 fully saturated rings. The lowest BCUT2D eigenvalue weighted by atomic mass is 9.70. The maximum Gasteiger partial charge on any atom is 0.157 e. The number of methoxy groups -OCH3 is 1. The van der Waals surface area contributed by atoms with Crippen molar-refractivity contribution in [2.45, 2.75) is 77.6 Å². The fraction of sp³-hybridized carbons (Fsp3) is 0.538. The molecule has 3 rings (SSSR count). The molecular formula is C26H38O4. The molecule has 2 aromatic rings. The van der Waals surface area contributed by atoms with Crippen LogP contribution < -0.4 is 4.74 Å². The zero-order valence-corrected chi connectivity index (χ0v) is 18.9. The van der Waals surface area contributed by atoms with E-state index in [1.54, 1.807) is 31.4 Å². The summed E-state index contributed by atoms with van der Waals surface area (Å²) >= 11 is 0. The van der Waals surface area contributed by atoms with Gasteiger partial charge in [0.15, 0.2) is 11.5 Å². The molecule has 2 aromatic carbocycles. The van der Waals surface area contributed by atoms with Crippen LogP contribution in [0.4, 0.5) is 0 Å². The molecule has 0 amide bonds. The highest BCUT2D eigenvalue weighted by molar-refractivity contribution is 5.43. The molecule has 0 radical (unpaired) electrons. The predicted octanol–water partition coefficient (Wildman–Crippen LogP) is 6.70. The summed E-state index contributed by atoms with van der Waals surface area (Å²) in [5, 5.41) is 28.2. The molecule has 0 bridgehead atoms. The molecule has 1 saturated carbocycles. The standard InChI is InChI=1S/C14H20O2.C12H18O2/c1-14(2,9-10-4-3-5-10)11-6-7-12(15)13(16)8-11;1-3-4-5-6-10-7-11(13)9-12(8-10)14-2/h6-8,10,15-16H,3-5,9H2,1-2H3;7-9,13H,3-6H2,1-2H3. The van der Waals surface area contributed by atoms with E-state index in [9.17, 15) is 15.3 Å². The quantitative estimate of drug-likeness (QED) is 0.332. The maximum absolute atomic E-state index is 9.52. The highest BCUT2D eigenvalue weighted by Gasteiger charge is 2.29. The highest BCUT2D eigenvalue weighted by atomic mass is 16.5. The Kier molecular flexibility index (Phi) is 8.88. The number of hydrogen-bond donors (Lipinski definition) is 3. The van der Waals surface area contributed by atoms with Gasteiger partial charge in [0, 0.05) is 6.07 Å². The molecule has 0 spiro atoms. The van der Waals surface area contributed by atoms with Crippen LogP contribution in [0, 0.1) is 5.92 Å². The lowest BCUT2D eigenvalue weighted by Crippen LogP contribution is -2.25. The minimum Gasteiger partial charge on any atom is -0.508 e. The van der Waals surface area contributed by atoms with Crippen molar-refractivity contribution >= 4 is 0 Å². The molecule has 0 heterocycles.